The molecule has 0 aliphatic heterocycles. The molecule has 0 aromatic carbocycles. The van der Waals surface area contributed by atoms with Gasteiger partial charge in [-0.15, -0.1) is 0 Å². The summed E-state index contributed by atoms with van der Waals surface area (Å²) in [7, 11) is 0. The third kappa shape index (κ3) is 5.08. The van der Waals surface area contributed by atoms with E-state index in [1.165, 1.54) is 12.8 Å². The summed E-state index contributed by atoms with van der Waals surface area (Å²) >= 11 is 0. The van der Waals surface area contributed by atoms with Crippen molar-refractivity contribution in [2.75, 3.05) is 11.4 Å². The molecular weight excluding hydrogens is 248 g/mol. The molecule has 0 aliphatic carbocycles. The molecule has 0 saturated carbocycles. The van der Waals surface area contributed by atoms with Crippen LogP contribution in [0.1, 0.15) is 58.9 Å². The Labute approximate surface area is 123 Å². The van der Waals surface area contributed by atoms with Crippen LogP contribution in [0.2, 0.25) is 0 Å². The van der Waals surface area contributed by atoms with Gasteiger partial charge >= 0.3 is 0 Å². The van der Waals surface area contributed by atoms with Crippen LogP contribution in [0, 0.1) is 0 Å². The summed E-state index contributed by atoms with van der Waals surface area (Å²) in [5.41, 5.74) is 7.10. The molecule has 2 unspecified atom stereocenters. The van der Waals surface area contributed by atoms with E-state index in [9.17, 15) is 0 Å². The SMILES string of the molecule is CCCCN(c1ncc(CC(N)CC)cn1)C(C)CC. The first-order valence-corrected chi connectivity index (χ1v) is 7.95. The van der Waals surface area contributed by atoms with E-state index in [4.69, 9.17) is 5.73 Å². The highest BCUT2D eigenvalue weighted by atomic mass is 15.3. The van der Waals surface area contributed by atoms with E-state index in [0.717, 1.165) is 37.3 Å². The number of hydrogen-bond acceptors (Lipinski definition) is 4. The first-order valence-electron chi connectivity index (χ1n) is 7.95. The summed E-state index contributed by atoms with van der Waals surface area (Å²) < 4.78 is 0. The van der Waals surface area contributed by atoms with Gasteiger partial charge in [0.15, 0.2) is 0 Å². The minimum atomic E-state index is 0.204. The Bertz CT molecular complexity index is 363. The van der Waals surface area contributed by atoms with Gasteiger partial charge in [-0.3, -0.25) is 0 Å². The number of unbranched alkanes of at least 4 members (excludes halogenated alkanes) is 1. The van der Waals surface area contributed by atoms with Gasteiger partial charge in [0.05, 0.1) is 0 Å². The Morgan fingerprint density at radius 2 is 1.80 bits per heavy atom. The maximum atomic E-state index is 5.97. The molecule has 0 amide bonds. The fourth-order valence-electron chi connectivity index (χ4n) is 2.12. The van der Waals surface area contributed by atoms with Crippen molar-refractivity contribution in [2.24, 2.45) is 5.73 Å². The predicted molar refractivity (Wildman–Crippen MR) is 86.0 cm³/mol. The number of aromatic nitrogens is 2. The van der Waals surface area contributed by atoms with Crippen molar-refractivity contribution in [3.8, 4) is 0 Å². The number of rotatable bonds is 9. The Morgan fingerprint density at radius 3 is 2.30 bits per heavy atom. The topological polar surface area (TPSA) is 55.0 Å². The highest BCUT2D eigenvalue weighted by molar-refractivity contribution is 5.31. The van der Waals surface area contributed by atoms with Crippen LogP contribution in [0.15, 0.2) is 12.4 Å². The van der Waals surface area contributed by atoms with E-state index in [1.54, 1.807) is 0 Å². The highest BCUT2D eigenvalue weighted by Crippen LogP contribution is 2.15. The lowest BCUT2D eigenvalue weighted by molar-refractivity contribution is 0.581. The second-order valence-electron chi connectivity index (χ2n) is 5.57. The average Bonchev–Trinajstić information content (AvgIpc) is 2.48. The summed E-state index contributed by atoms with van der Waals surface area (Å²) in [5, 5.41) is 0. The second-order valence-corrected chi connectivity index (χ2v) is 5.57. The van der Waals surface area contributed by atoms with Crippen molar-refractivity contribution in [1.29, 1.82) is 0 Å². The highest BCUT2D eigenvalue weighted by Gasteiger charge is 2.15. The molecule has 0 fully saturated rings. The van der Waals surface area contributed by atoms with Crippen LogP contribution in [0.3, 0.4) is 0 Å². The first kappa shape index (κ1) is 16.9. The number of anilines is 1. The fraction of sp³-hybridized carbons (Fsp3) is 0.750. The van der Waals surface area contributed by atoms with Gasteiger partial charge in [-0.1, -0.05) is 27.2 Å². The lowest BCUT2D eigenvalue weighted by atomic mass is 10.1. The molecule has 1 aromatic heterocycles. The third-order valence-electron chi connectivity index (χ3n) is 3.85. The molecule has 4 nitrogen and oxygen atoms in total. The largest absolute Gasteiger partial charge is 0.338 e. The quantitative estimate of drug-likeness (QED) is 0.754. The minimum absolute atomic E-state index is 0.204. The van der Waals surface area contributed by atoms with Crippen LogP contribution in [0.4, 0.5) is 5.95 Å². The van der Waals surface area contributed by atoms with Crippen LogP contribution in [-0.2, 0) is 6.42 Å². The molecule has 0 radical (unpaired) electrons. The molecule has 4 heteroatoms. The van der Waals surface area contributed by atoms with Crippen molar-refractivity contribution < 1.29 is 0 Å². The van der Waals surface area contributed by atoms with Gasteiger partial charge in [-0.05, 0) is 38.2 Å². The first-order chi connectivity index (χ1) is 9.62. The van der Waals surface area contributed by atoms with Gasteiger partial charge in [-0.2, -0.15) is 0 Å². The third-order valence-corrected chi connectivity index (χ3v) is 3.85. The zero-order chi connectivity index (χ0) is 15.0. The Morgan fingerprint density at radius 1 is 1.15 bits per heavy atom. The van der Waals surface area contributed by atoms with Gasteiger partial charge in [-0.25, -0.2) is 9.97 Å². The van der Waals surface area contributed by atoms with Gasteiger partial charge in [0.25, 0.3) is 0 Å². The smallest absolute Gasteiger partial charge is 0.225 e. The normalized spacial score (nSPS) is 14.1. The summed E-state index contributed by atoms with van der Waals surface area (Å²) in [6, 6.07) is 0.681. The van der Waals surface area contributed by atoms with Crippen molar-refractivity contribution in [3.05, 3.63) is 18.0 Å². The van der Waals surface area contributed by atoms with E-state index < -0.39 is 0 Å². The van der Waals surface area contributed by atoms with Crippen molar-refractivity contribution in [2.45, 2.75) is 71.9 Å². The zero-order valence-corrected chi connectivity index (χ0v) is 13.5. The maximum absolute atomic E-state index is 5.97. The van der Waals surface area contributed by atoms with E-state index in [2.05, 4.69) is 42.6 Å². The van der Waals surface area contributed by atoms with E-state index in [1.807, 2.05) is 12.4 Å². The summed E-state index contributed by atoms with van der Waals surface area (Å²) in [6.45, 7) is 9.79. The molecule has 114 valence electrons. The van der Waals surface area contributed by atoms with Crippen LogP contribution >= 0.6 is 0 Å². The predicted octanol–water partition coefficient (Wildman–Crippen LogP) is 3.16. The van der Waals surface area contributed by atoms with Crippen LogP contribution < -0.4 is 10.6 Å². The van der Waals surface area contributed by atoms with Gasteiger partial charge in [0.2, 0.25) is 5.95 Å². The van der Waals surface area contributed by atoms with Crippen molar-refractivity contribution >= 4 is 5.95 Å². The molecule has 1 aromatic rings. The number of hydrogen-bond donors (Lipinski definition) is 1. The van der Waals surface area contributed by atoms with Crippen LogP contribution in [0.25, 0.3) is 0 Å². The fourth-order valence-corrected chi connectivity index (χ4v) is 2.12. The Hall–Kier alpha value is -1.16. The minimum Gasteiger partial charge on any atom is -0.338 e. The van der Waals surface area contributed by atoms with E-state index in [-0.39, 0.29) is 6.04 Å². The number of nitrogens with zero attached hydrogens (tertiary/aromatic N) is 3. The molecule has 0 saturated heterocycles. The molecule has 1 rings (SSSR count). The molecule has 0 aliphatic rings. The Kier molecular flexibility index (Phi) is 7.52. The lowest BCUT2D eigenvalue weighted by Crippen LogP contribution is -2.35. The van der Waals surface area contributed by atoms with Crippen molar-refractivity contribution in [3.63, 3.8) is 0 Å². The van der Waals surface area contributed by atoms with E-state index >= 15 is 0 Å². The number of nitrogens with two attached hydrogens (primary N) is 1. The van der Waals surface area contributed by atoms with Crippen molar-refractivity contribution in [1.82, 2.24) is 9.97 Å². The second kappa shape index (κ2) is 8.90. The molecule has 20 heavy (non-hydrogen) atoms. The monoisotopic (exact) mass is 278 g/mol. The molecule has 1 heterocycles. The maximum Gasteiger partial charge on any atom is 0.225 e. The van der Waals surface area contributed by atoms with Crippen LogP contribution in [0.5, 0.6) is 0 Å². The summed E-state index contributed by atoms with van der Waals surface area (Å²) in [4.78, 5) is 11.4. The van der Waals surface area contributed by atoms with Crippen LogP contribution in [-0.4, -0.2) is 28.6 Å². The lowest BCUT2D eigenvalue weighted by Gasteiger charge is -2.28. The van der Waals surface area contributed by atoms with Gasteiger partial charge in [0.1, 0.15) is 0 Å². The van der Waals surface area contributed by atoms with Gasteiger partial charge in [0, 0.05) is 31.0 Å². The van der Waals surface area contributed by atoms with E-state index in [0.29, 0.717) is 6.04 Å². The average molecular weight is 278 g/mol. The Balaban J connectivity index is 2.76. The molecular formula is C16H30N4. The van der Waals surface area contributed by atoms with Gasteiger partial charge < -0.3 is 10.6 Å². The molecule has 0 bridgehead atoms. The zero-order valence-electron chi connectivity index (χ0n) is 13.5. The molecule has 2 N–H and O–H groups in total. The summed E-state index contributed by atoms with van der Waals surface area (Å²) in [6.07, 6.45) is 9.17. The summed E-state index contributed by atoms with van der Waals surface area (Å²) in [5.74, 6) is 0.849. The molecule has 2 atom stereocenters. The molecule has 0 spiro atoms. The standard InChI is InChI=1S/C16H30N4/c1-5-8-9-20(13(4)6-2)16-18-11-14(12-19-16)10-15(17)7-3/h11-13,15H,5-10,17H2,1-4H3.